The third kappa shape index (κ3) is 2.18. The van der Waals surface area contributed by atoms with E-state index in [9.17, 15) is 10.1 Å². The zero-order valence-corrected chi connectivity index (χ0v) is 12.0. The van der Waals surface area contributed by atoms with Crippen molar-refractivity contribution in [3.8, 4) is 0 Å². The van der Waals surface area contributed by atoms with Crippen LogP contribution in [0.3, 0.4) is 0 Å². The molecule has 11 nitrogen and oxygen atoms in total. The van der Waals surface area contributed by atoms with Gasteiger partial charge in [-0.2, -0.15) is 9.78 Å². The highest BCUT2D eigenvalue weighted by atomic mass is 16.6. The minimum Gasteiger partial charge on any atom is -0.358 e. The topological polar surface area (TPSA) is 133 Å². The summed E-state index contributed by atoms with van der Waals surface area (Å²) in [6.07, 6.45) is 3.72. The molecule has 11 heteroatoms. The number of nitrogens with one attached hydrogen (secondary N) is 1. The number of rotatable bonds is 4. The molecule has 23 heavy (non-hydrogen) atoms. The maximum atomic E-state index is 10.7. The Hall–Kier alpha value is -3.37. The van der Waals surface area contributed by atoms with E-state index in [1.807, 2.05) is 0 Å². The molecule has 0 radical (unpaired) electrons. The first-order valence-electron chi connectivity index (χ1n) is 6.84. The molecule has 0 atom stereocenters. The Morgan fingerprint density at radius 3 is 3.04 bits per heavy atom. The van der Waals surface area contributed by atoms with Gasteiger partial charge in [0.15, 0.2) is 17.1 Å². The van der Waals surface area contributed by atoms with E-state index in [0.717, 1.165) is 11.1 Å². The summed E-state index contributed by atoms with van der Waals surface area (Å²) in [4.78, 5) is 18.9. The zero-order valence-electron chi connectivity index (χ0n) is 12.0. The van der Waals surface area contributed by atoms with Gasteiger partial charge in [0, 0.05) is 6.42 Å². The van der Waals surface area contributed by atoms with E-state index in [1.54, 1.807) is 28.6 Å². The quantitative estimate of drug-likeness (QED) is 0.432. The molecule has 0 fully saturated rings. The molecule has 0 aliphatic heterocycles. The normalized spacial score (nSPS) is 11.5. The van der Waals surface area contributed by atoms with Crippen molar-refractivity contribution in [2.75, 3.05) is 0 Å². The van der Waals surface area contributed by atoms with Crippen molar-refractivity contribution in [2.45, 2.75) is 19.9 Å². The molecular weight excluding hydrogens is 302 g/mol. The van der Waals surface area contributed by atoms with Crippen LogP contribution in [0.5, 0.6) is 0 Å². The molecule has 4 aromatic heterocycles. The number of aryl methyl sites for hydroxylation is 3. The van der Waals surface area contributed by atoms with E-state index in [2.05, 4.69) is 30.4 Å². The lowest BCUT2D eigenvalue weighted by Gasteiger charge is -1.95. The Balaban J connectivity index is 1.61. The average Bonchev–Trinajstić information content (AvgIpc) is 3.21. The molecule has 0 saturated heterocycles. The van der Waals surface area contributed by atoms with Gasteiger partial charge in [0.2, 0.25) is 0 Å². The lowest BCUT2D eigenvalue weighted by atomic mass is 10.4. The van der Waals surface area contributed by atoms with Gasteiger partial charge < -0.3 is 10.1 Å². The third-order valence-corrected chi connectivity index (χ3v) is 3.53. The van der Waals surface area contributed by atoms with Crippen molar-refractivity contribution in [3.05, 3.63) is 40.2 Å². The maximum absolute atomic E-state index is 10.7. The van der Waals surface area contributed by atoms with E-state index < -0.39 is 4.92 Å². The van der Waals surface area contributed by atoms with E-state index in [1.165, 1.54) is 6.07 Å². The van der Waals surface area contributed by atoms with Crippen LogP contribution in [-0.4, -0.2) is 44.5 Å². The minimum absolute atomic E-state index is 0.158. The summed E-state index contributed by atoms with van der Waals surface area (Å²) in [5.41, 5.74) is 2.04. The van der Waals surface area contributed by atoms with Crippen molar-refractivity contribution in [1.29, 1.82) is 0 Å². The van der Waals surface area contributed by atoms with Crippen LogP contribution in [0, 0.1) is 17.0 Å². The highest BCUT2D eigenvalue weighted by molar-refractivity contribution is 5.87. The van der Waals surface area contributed by atoms with Crippen molar-refractivity contribution >= 4 is 22.5 Å². The fraction of sp³-hybridized carbons (Fsp3) is 0.250. The summed E-state index contributed by atoms with van der Waals surface area (Å²) in [5.74, 6) is 0.452. The molecule has 116 valence electrons. The van der Waals surface area contributed by atoms with Gasteiger partial charge in [-0.25, -0.2) is 14.5 Å². The molecule has 0 aliphatic carbocycles. The number of fused-ring (bicyclic) bond motifs is 3. The number of nitro groups is 1. The van der Waals surface area contributed by atoms with Crippen LogP contribution < -0.4 is 0 Å². The Labute approximate surface area is 128 Å². The van der Waals surface area contributed by atoms with Gasteiger partial charge in [-0.05, 0) is 11.8 Å². The summed E-state index contributed by atoms with van der Waals surface area (Å²) in [7, 11) is 0. The first-order valence-corrected chi connectivity index (χ1v) is 6.84. The molecule has 0 aliphatic rings. The smallest absolute Gasteiger partial charge is 0.358 e. The van der Waals surface area contributed by atoms with Crippen molar-refractivity contribution in [3.63, 3.8) is 0 Å². The zero-order chi connectivity index (χ0) is 16.0. The van der Waals surface area contributed by atoms with Gasteiger partial charge in [0.05, 0.1) is 35.0 Å². The van der Waals surface area contributed by atoms with E-state index in [4.69, 9.17) is 0 Å². The van der Waals surface area contributed by atoms with Crippen LogP contribution in [0.1, 0.15) is 11.5 Å². The molecule has 4 heterocycles. The predicted molar refractivity (Wildman–Crippen MR) is 77.8 cm³/mol. The molecule has 0 unspecified atom stereocenters. The highest BCUT2D eigenvalue weighted by Gasteiger charge is 2.16. The van der Waals surface area contributed by atoms with Gasteiger partial charge in [-0.15, -0.1) is 5.10 Å². The molecular formula is C12H11N9O2. The second kappa shape index (κ2) is 4.83. The van der Waals surface area contributed by atoms with Crippen molar-refractivity contribution < 1.29 is 4.92 Å². The monoisotopic (exact) mass is 313 g/mol. The van der Waals surface area contributed by atoms with Crippen LogP contribution in [-0.2, 0) is 13.0 Å². The minimum atomic E-state index is -0.506. The van der Waals surface area contributed by atoms with Crippen LogP contribution in [0.25, 0.3) is 16.7 Å². The Morgan fingerprint density at radius 1 is 1.39 bits per heavy atom. The molecule has 0 saturated carbocycles. The molecule has 0 aromatic carbocycles. The van der Waals surface area contributed by atoms with Gasteiger partial charge in [-0.1, -0.05) is 0 Å². The third-order valence-electron chi connectivity index (χ3n) is 3.53. The van der Waals surface area contributed by atoms with E-state index in [0.29, 0.717) is 30.1 Å². The summed E-state index contributed by atoms with van der Waals surface area (Å²) in [6, 6.07) is 1.44. The summed E-state index contributed by atoms with van der Waals surface area (Å²) >= 11 is 0. The average molecular weight is 313 g/mol. The fourth-order valence-electron chi connectivity index (χ4n) is 2.41. The van der Waals surface area contributed by atoms with Crippen LogP contribution in [0.4, 0.5) is 5.82 Å². The predicted octanol–water partition coefficient (Wildman–Crippen LogP) is 0.656. The molecule has 0 amide bonds. The first kappa shape index (κ1) is 13.3. The lowest BCUT2D eigenvalue weighted by Crippen LogP contribution is -2.06. The summed E-state index contributed by atoms with van der Waals surface area (Å²) in [6.45, 7) is 2.23. The SMILES string of the molecule is Cc1cc([N+](=O)[O-])nn1CCc1nc2c3cn[nH]c3ncn2n1. The van der Waals surface area contributed by atoms with Gasteiger partial charge in [0.25, 0.3) is 0 Å². The standard InChI is InChI=1S/C12H11N9O2/c1-7-4-10(21(22)23)18-19(7)3-2-9-15-12-8-5-14-16-11(8)13-6-20(12)17-9/h4-6H,2-3H2,1H3,(H,14,16). The Bertz CT molecular complexity index is 1030. The second-order valence-electron chi connectivity index (χ2n) is 5.05. The van der Waals surface area contributed by atoms with Crippen molar-refractivity contribution in [1.82, 2.24) is 39.6 Å². The largest absolute Gasteiger partial charge is 0.390 e. The molecule has 4 aromatic rings. The summed E-state index contributed by atoms with van der Waals surface area (Å²) in [5, 5.41) is 26.6. The summed E-state index contributed by atoms with van der Waals surface area (Å²) < 4.78 is 3.17. The van der Waals surface area contributed by atoms with Crippen molar-refractivity contribution in [2.24, 2.45) is 0 Å². The number of H-pyrrole nitrogens is 1. The van der Waals surface area contributed by atoms with Crippen LogP contribution in [0.2, 0.25) is 0 Å². The number of hydrogen-bond acceptors (Lipinski definition) is 7. The van der Waals surface area contributed by atoms with Crippen LogP contribution >= 0.6 is 0 Å². The maximum Gasteiger partial charge on any atom is 0.390 e. The van der Waals surface area contributed by atoms with E-state index in [-0.39, 0.29) is 5.82 Å². The molecule has 0 bridgehead atoms. The molecule has 4 rings (SSSR count). The van der Waals surface area contributed by atoms with Crippen LogP contribution in [0.15, 0.2) is 18.6 Å². The first-order chi connectivity index (χ1) is 11.1. The Kier molecular flexibility index (Phi) is 2.79. The molecule has 1 N–H and O–H groups in total. The highest BCUT2D eigenvalue weighted by Crippen LogP contribution is 2.15. The second-order valence-corrected chi connectivity index (χ2v) is 5.05. The van der Waals surface area contributed by atoms with Gasteiger partial charge >= 0.3 is 5.82 Å². The van der Waals surface area contributed by atoms with E-state index >= 15 is 0 Å². The number of aromatic nitrogens is 8. The van der Waals surface area contributed by atoms with Gasteiger partial charge in [-0.3, -0.25) is 5.10 Å². The number of nitrogens with zero attached hydrogens (tertiary/aromatic N) is 8. The molecule has 0 spiro atoms. The number of hydrogen-bond donors (Lipinski definition) is 1. The Morgan fingerprint density at radius 2 is 2.26 bits per heavy atom. The fourth-order valence-corrected chi connectivity index (χ4v) is 2.41. The number of aromatic amines is 1. The lowest BCUT2D eigenvalue weighted by molar-refractivity contribution is -0.389. The van der Waals surface area contributed by atoms with Gasteiger partial charge in [0.1, 0.15) is 6.33 Å².